The average molecular weight is 262 g/mol. The van der Waals surface area contributed by atoms with Crippen molar-refractivity contribution in [3.05, 3.63) is 29.8 Å². The van der Waals surface area contributed by atoms with E-state index in [1.54, 1.807) is 4.90 Å². The van der Waals surface area contributed by atoms with Crippen LogP contribution >= 0.6 is 0 Å². The van der Waals surface area contributed by atoms with E-state index < -0.39 is 0 Å². The molecule has 1 aromatic carbocycles. The van der Waals surface area contributed by atoms with Gasteiger partial charge in [0.15, 0.2) is 0 Å². The molecule has 1 aliphatic rings. The van der Waals surface area contributed by atoms with Crippen molar-refractivity contribution < 1.29 is 14.3 Å². The Balaban J connectivity index is 2.16. The molecule has 1 unspecified atom stereocenters. The van der Waals surface area contributed by atoms with Crippen molar-refractivity contribution in [1.82, 2.24) is 10.2 Å². The smallest absolute Gasteiger partial charge is 0.232 e. The Kier molecular flexibility index (Phi) is 4.04. The number of ether oxygens (including phenoxy) is 1. The zero-order valence-corrected chi connectivity index (χ0v) is 11.2. The Bertz CT molecular complexity index is 487. The van der Waals surface area contributed by atoms with E-state index in [1.807, 2.05) is 31.2 Å². The van der Waals surface area contributed by atoms with Crippen LogP contribution in [0.5, 0.6) is 5.75 Å². The molecule has 102 valence electrons. The van der Waals surface area contributed by atoms with Crippen LogP contribution in [-0.2, 0) is 16.1 Å². The molecule has 0 bridgehead atoms. The second-order valence-corrected chi connectivity index (χ2v) is 4.64. The summed E-state index contributed by atoms with van der Waals surface area (Å²) in [6, 6.07) is 7.61. The summed E-state index contributed by atoms with van der Waals surface area (Å²) in [6.07, 6.45) is -0.122. The molecule has 1 heterocycles. The Morgan fingerprint density at radius 2 is 2.16 bits per heavy atom. The summed E-state index contributed by atoms with van der Waals surface area (Å²) in [6.45, 7) is 2.84. The molecule has 5 nitrogen and oxygen atoms in total. The minimum atomic E-state index is -0.268. The number of carbonyl (C=O) groups is 2. The Morgan fingerprint density at radius 1 is 1.42 bits per heavy atom. The lowest BCUT2D eigenvalue weighted by atomic mass is 10.1. The highest BCUT2D eigenvalue weighted by Crippen LogP contribution is 2.24. The summed E-state index contributed by atoms with van der Waals surface area (Å²) in [5.74, 6) is 0.368. The number of para-hydroxylation sites is 1. The topological polar surface area (TPSA) is 58.6 Å². The average Bonchev–Trinajstić information content (AvgIpc) is 2.58. The SMILES string of the molecule is CNC(=O)CC(=O)N1Cc2ccccc2OCC1C. The maximum atomic E-state index is 12.1. The third-order valence-corrected chi connectivity index (χ3v) is 3.24. The molecule has 2 amide bonds. The van der Waals surface area contributed by atoms with Crippen molar-refractivity contribution in [1.29, 1.82) is 0 Å². The zero-order valence-electron chi connectivity index (χ0n) is 11.2. The number of nitrogens with one attached hydrogen (secondary N) is 1. The molecule has 0 aliphatic carbocycles. The monoisotopic (exact) mass is 262 g/mol. The molecule has 0 spiro atoms. The van der Waals surface area contributed by atoms with Crippen LogP contribution in [0.15, 0.2) is 24.3 Å². The Morgan fingerprint density at radius 3 is 2.89 bits per heavy atom. The lowest BCUT2D eigenvalue weighted by molar-refractivity contribution is -0.138. The van der Waals surface area contributed by atoms with Gasteiger partial charge < -0.3 is 15.0 Å². The van der Waals surface area contributed by atoms with E-state index in [0.717, 1.165) is 11.3 Å². The fraction of sp³-hybridized carbons (Fsp3) is 0.429. The molecular weight excluding hydrogens is 244 g/mol. The van der Waals surface area contributed by atoms with Crippen LogP contribution in [0, 0.1) is 0 Å². The quantitative estimate of drug-likeness (QED) is 0.807. The number of nitrogens with zero attached hydrogens (tertiary/aromatic N) is 1. The van der Waals surface area contributed by atoms with Gasteiger partial charge in [-0.3, -0.25) is 9.59 Å². The first-order valence-electron chi connectivity index (χ1n) is 6.32. The minimum absolute atomic E-state index is 0.0513. The fourth-order valence-corrected chi connectivity index (χ4v) is 2.08. The van der Waals surface area contributed by atoms with Crippen LogP contribution in [0.25, 0.3) is 0 Å². The minimum Gasteiger partial charge on any atom is -0.491 e. The van der Waals surface area contributed by atoms with Crippen LogP contribution in [0.2, 0.25) is 0 Å². The van der Waals surface area contributed by atoms with Gasteiger partial charge in [-0.15, -0.1) is 0 Å². The summed E-state index contributed by atoms with van der Waals surface area (Å²) in [7, 11) is 1.53. The molecule has 2 rings (SSSR count). The van der Waals surface area contributed by atoms with Crippen LogP contribution < -0.4 is 10.1 Å². The first-order valence-corrected chi connectivity index (χ1v) is 6.32. The van der Waals surface area contributed by atoms with Crippen LogP contribution in [0.1, 0.15) is 18.9 Å². The maximum absolute atomic E-state index is 12.1. The standard InChI is InChI=1S/C14H18N2O3/c1-10-9-19-12-6-4-3-5-11(12)8-16(10)14(18)7-13(17)15-2/h3-6,10H,7-9H2,1-2H3,(H,15,17). The second-order valence-electron chi connectivity index (χ2n) is 4.64. The Labute approximate surface area is 112 Å². The number of rotatable bonds is 2. The summed E-state index contributed by atoms with van der Waals surface area (Å²) in [4.78, 5) is 25.2. The number of amides is 2. The van der Waals surface area contributed by atoms with Crippen molar-refractivity contribution in [3.63, 3.8) is 0 Å². The van der Waals surface area contributed by atoms with Gasteiger partial charge in [-0.2, -0.15) is 0 Å². The van der Waals surface area contributed by atoms with E-state index in [4.69, 9.17) is 4.74 Å². The van der Waals surface area contributed by atoms with Crippen LogP contribution in [0.4, 0.5) is 0 Å². The normalized spacial score (nSPS) is 18.0. The van der Waals surface area contributed by atoms with Gasteiger partial charge in [-0.05, 0) is 13.0 Å². The summed E-state index contributed by atoms with van der Waals surface area (Å²) < 4.78 is 5.68. The van der Waals surface area contributed by atoms with E-state index in [9.17, 15) is 9.59 Å². The highest BCUT2D eigenvalue weighted by molar-refractivity contribution is 5.96. The largest absolute Gasteiger partial charge is 0.491 e. The lowest BCUT2D eigenvalue weighted by Crippen LogP contribution is -2.41. The van der Waals surface area contributed by atoms with Gasteiger partial charge in [0.25, 0.3) is 0 Å². The first-order chi connectivity index (χ1) is 9.11. The van der Waals surface area contributed by atoms with Gasteiger partial charge in [0.1, 0.15) is 18.8 Å². The molecular formula is C14H18N2O3. The summed E-state index contributed by atoms with van der Waals surface area (Å²) >= 11 is 0. The van der Waals surface area contributed by atoms with E-state index >= 15 is 0 Å². The predicted molar refractivity (Wildman–Crippen MR) is 70.6 cm³/mol. The number of carbonyl (C=O) groups excluding carboxylic acids is 2. The molecule has 0 radical (unpaired) electrons. The molecule has 0 saturated heterocycles. The molecule has 0 saturated carbocycles. The van der Waals surface area contributed by atoms with Gasteiger partial charge in [-0.25, -0.2) is 0 Å². The summed E-state index contributed by atoms with van der Waals surface area (Å²) in [5.41, 5.74) is 0.970. The van der Waals surface area contributed by atoms with Crippen LogP contribution in [0.3, 0.4) is 0 Å². The molecule has 0 fully saturated rings. The number of benzene rings is 1. The molecule has 1 N–H and O–H groups in total. The fourth-order valence-electron chi connectivity index (χ4n) is 2.08. The van der Waals surface area contributed by atoms with Crippen molar-refractivity contribution in [3.8, 4) is 5.75 Å². The number of hydrogen-bond acceptors (Lipinski definition) is 3. The predicted octanol–water partition coefficient (Wildman–Crippen LogP) is 0.932. The van der Waals surface area contributed by atoms with Gasteiger partial charge in [-0.1, -0.05) is 18.2 Å². The second kappa shape index (κ2) is 5.73. The number of fused-ring (bicyclic) bond motifs is 1. The molecule has 1 atom stereocenters. The third-order valence-electron chi connectivity index (χ3n) is 3.24. The highest BCUT2D eigenvalue weighted by atomic mass is 16.5. The van der Waals surface area contributed by atoms with Crippen molar-refractivity contribution >= 4 is 11.8 Å². The number of hydrogen-bond donors (Lipinski definition) is 1. The van der Waals surface area contributed by atoms with Gasteiger partial charge in [0.2, 0.25) is 11.8 Å². The van der Waals surface area contributed by atoms with E-state index in [-0.39, 0.29) is 24.3 Å². The Hall–Kier alpha value is -2.04. The van der Waals surface area contributed by atoms with Crippen LogP contribution in [-0.4, -0.2) is 36.4 Å². The van der Waals surface area contributed by atoms with Gasteiger partial charge in [0, 0.05) is 19.2 Å². The summed E-state index contributed by atoms with van der Waals surface area (Å²) in [5, 5.41) is 2.47. The molecule has 5 heteroatoms. The molecule has 1 aromatic rings. The molecule has 1 aliphatic heterocycles. The third kappa shape index (κ3) is 3.05. The van der Waals surface area contributed by atoms with Gasteiger partial charge >= 0.3 is 0 Å². The van der Waals surface area contributed by atoms with Crippen molar-refractivity contribution in [2.24, 2.45) is 0 Å². The van der Waals surface area contributed by atoms with E-state index in [0.29, 0.717) is 13.2 Å². The van der Waals surface area contributed by atoms with Crippen molar-refractivity contribution in [2.45, 2.75) is 25.9 Å². The van der Waals surface area contributed by atoms with Gasteiger partial charge in [0.05, 0.1) is 6.04 Å². The highest BCUT2D eigenvalue weighted by Gasteiger charge is 2.26. The molecule has 19 heavy (non-hydrogen) atoms. The van der Waals surface area contributed by atoms with Crippen molar-refractivity contribution in [2.75, 3.05) is 13.7 Å². The lowest BCUT2D eigenvalue weighted by Gasteiger charge is -2.26. The van der Waals surface area contributed by atoms with E-state index in [1.165, 1.54) is 7.05 Å². The molecule has 0 aromatic heterocycles. The van der Waals surface area contributed by atoms with E-state index in [2.05, 4.69) is 5.32 Å². The zero-order chi connectivity index (χ0) is 13.8. The maximum Gasteiger partial charge on any atom is 0.232 e. The first kappa shape index (κ1) is 13.4.